The second-order valence-corrected chi connectivity index (χ2v) is 3.68. The van der Waals surface area contributed by atoms with E-state index in [2.05, 4.69) is 16.5 Å². The van der Waals surface area contributed by atoms with E-state index in [9.17, 15) is 0 Å². The normalized spacial score (nSPS) is 10.6. The van der Waals surface area contributed by atoms with Crippen LogP contribution in [0.3, 0.4) is 0 Å². The third-order valence-corrected chi connectivity index (χ3v) is 2.13. The fourth-order valence-electron chi connectivity index (χ4n) is 1.34. The van der Waals surface area contributed by atoms with Gasteiger partial charge in [-0.1, -0.05) is 5.57 Å². The van der Waals surface area contributed by atoms with Crippen LogP contribution < -0.4 is 10.5 Å². The van der Waals surface area contributed by atoms with Gasteiger partial charge in [-0.15, -0.1) is 6.58 Å². The number of imidazole rings is 1. The Hall–Kier alpha value is -2.04. The Bertz CT molecular complexity index is 518. The average Bonchev–Trinajstić information content (AvgIpc) is 2.64. The summed E-state index contributed by atoms with van der Waals surface area (Å²) in [5.74, 6) is 0.877. The first-order valence-corrected chi connectivity index (χ1v) is 5.03. The van der Waals surface area contributed by atoms with Gasteiger partial charge in [0, 0.05) is 18.8 Å². The van der Waals surface area contributed by atoms with Gasteiger partial charge in [-0.3, -0.25) is 4.40 Å². The SMILES string of the molecule is C=C(C)CCOc1nc(N)cn2ccnc12. The Morgan fingerprint density at radius 1 is 1.62 bits per heavy atom. The van der Waals surface area contributed by atoms with Crippen LogP contribution in [0, 0.1) is 0 Å². The van der Waals surface area contributed by atoms with Crippen LogP contribution in [0.5, 0.6) is 5.88 Å². The monoisotopic (exact) mass is 218 g/mol. The van der Waals surface area contributed by atoms with Crippen LogP contribution in [-0.2, 0) is 0 Å². The van der Waals surface area contributed by atoms with Gasteiger partial charge in [0.2, 0.25) is 5.65 Å². The third-order valence-electron chi connectivity index (χ3n) is 2.13. The number of ether oxygens (including phenoxy) is 1. The van der Waals surface area contributed by atoms with Crippen molar-refractivity contribution in [1.29, 1.82) is 0 Å². The second kappa shape index (κ2) is 4.22. The van der Waals surface area contributed by atoms with Gasteiger partial charge in [0.1, 0.15) is 5.82 Å². The first-order valence-electron chi connectivity index (χ1n) is 5.03. The summed E-state index contributed by atoms with van der Waals surface area (Å²) in [6.07, 6.45) is 5.98. The lowest BCUT2D eigenvalue weighted by Crippen LogP contribution is -2.04. The standard InChI is InChI=1S/C11H14N4O/c1-8(2)3-6-16-11-10-13-4-5-15(10)7-9(12)14-11/h4-5,7H,1,3,6,12H2,2H3. The zero-order valence-electron chi connectivity index (χ0n) is 9.18. The number of hydrogen-bond acceptors (Lipinski definition) is 4. The highest BCUT2D eigenvalue weighted by atomic mass is 16.5. The van der Waals surface area contributed by atoms with Gasteiger partial charge in [-0.25, -0.2) is 4.98 Å². The molecule has 0 aliphatic rings. The summed E-state index contributed by atoms with van der Waals surface area (Å²) in [4.78, 5) is 8.27. The van der Waals surface area contributed by atoms with E-state index in [1.165, 1.54) is 0 Å². The van der Waals surface area contributed by atoms with Gasteiger partial charge in [-0.2, -0.15) is 4.98 Å². The molecule has 0 saturated carbocycles. The molecule has 0 saturated heterocycles. The van der Waals surface area contributed by atoms with E-state index in [4.69, 9.17) is 10.5 Å². The molecule has 0 fully saturated rings. The summed E-state index contributed by atoms with van der Waals surface area (Å²) in [6.45, 7) is 6.31. The van der Waals surface area contributed by atoms with Crippen molar-refractivity contribution in [3.05, 3.63) is 30.7 Å². The molecule has 0 amide bonds. The molecule has 2 heterocycles. The number of aromatic nitrogens is 3. The molecule has 2 aromatic heterocycles. The fourth-order valence-corrected chi connectivity index (χ4v) is 1.34. The highest BCUT2D eigenvalue weighted by Gasteiger charge is 2.06. The number of hydrogen-bond donors (Lipinski definition) is 1. The lowest BCUT2D eigenvalue weighted by atomic mass is 10.3. The molecule has 0 spiro atoms. The third kappa shape index (κ3) is 2.13. The highest BCUT2D eigenvalue weighted by Crippen LogP contribution is 2.17. The van der Waals surface area contributed by atoms with Crippen molar-refractivity contribution in [3.63, 3.8) is 0 Å². The molecule has 2 N–H and O–H groups in total. The minimum absolute atomic E-state index is 0.413. The van der Waals surface area contributed by atoms with Crippen LogP contribution in [0.15, 0.2) is 30.7 Å². The molecule has 0 atom stereocenters. The van der Waals surface area contributed by atoms with E-state index < -0.39 is 0 Å². The van der Waals surface area contributed by atoms with Crippen molar-refractivity contribution in [2.75, 3.05) is 12.3 Å². The van der Waals surface area contributed by atoms with Crippen molar-refractivity contribution in [1.82, 2.24) is 14.4 Å². The molecule has 16 heavy (non-hydrogen) atoms. The molecule has 0 aromatic carbocycles. The molecule has 0 bridgehead atoms. The van der Waals surface area contributed by atoms with Gasteiger partial charge in [0.15, 0.2) is 0 Å². The average molecular weight is 218 g/mol. The van der Waals surface area contributed by atoms with Gasteiger partial charge in [-0.05, 0) is 6.92 Å². The Balaban J connectivity index is 2.22. The molecule has 0 aliphatic heterocycles. The lowest BCUT2D eigenvalue weighted by Gasteiger charge is -2.07. The summed E-state index contributed by atoms with van der Waals surface area (Å²) in [6, 6.07) is 0. The van der Waals surface area contributed by atoms with Crippen molar-refractivity contribution in [3.8, 4) is 5.88 Å². The summed E-state index contributed by atoms with van der Waals surface area (Å²) in [5, 5.41) is 0. The van der Waals surface area contributed by atoms with Gasteiger partial charge >= 0.3 is 0 Å². The van der Waals surface area contributed by atoms with E-state index in [0.717, 1.165) is 12.0 Å². The van der Waals surface area contributed by atoms with Crippen molar-refractivity contribution < 1.29 is 4.74 Å². The quantitative estimate of drug-likeness (QED) is 0.792. The maximum absolute atomic E-state index is 5.66. The van der Waals surface area contributed by atoms with Crippen LogP contribution in [0.4, 0.5) is 5.82 Å². The maximum atomic E-state index is 5.66. The smallest absolute Gasteiger partial charge is 0.260 e. The minimum Gasteiger partial charge on any atom is -0.475 e. The summed E-state index contributed by atoms with van der Waals surface area (Å²) < 4.78 is 7.32. The van der Waals surface area contributed by atoms with Crippen LogP contribution in [-0.4, -0.2) is 21.0 Å². The number of fused-ring (bicyclic) bond motifs is 1. The van der Waals surface area contributed by atoms with E-state index in [1.807, 2.05) is 6.92 Å². The summed E-state index contributed by atoms with van der Waals surface area (Å²) in [7, 11) is 0. The van der Waals surface area contributed by atoms with E-state index >= 15 is 0 Å². The summed E-state index contributed by atoms with van der Waals surface area (Å²) >= 11 is 0. The molecule has 2 rings (SSSR count). The Morgan fingerprint density at radius 2 is 2.44 bits per heavy atom. The van der Waals surface area contributed by atoms with E-state index in [1.54, 1.807) is 23.0 Å². The fraction of sp³-hybridized carbons (Fsp3) is 0.273. The first kappa shape index (κ1) is 10.5. The number of nitrogens with two attached hydrogens (primary N) is 1. The molecule has 5 nitrogen and oxygen atoms in total. The topological polar surface area (TPSA) is 65.4 Å². The molecule has 0 radical (unpaired) electrons. The van der Waals surface area contributed by atoms with Crippen LogP contribution in [0.2, 0.25) is 0 Å². The Kier molecular flexibility index (Phi) is 2.76. The van der Waals surface area contributed by atoms with Crippen molar-refractivity contribution >= 4 is 11.5 Å². The Labute approximate surface area is 93.6 Å². The number of nitrogens with zero attached hydrogens (tertiary/aromatic N) is 3. The molecular weight excluding hydrogens is 204 g/mol. The largest absolute Gasteiger partial charge is 0.475 e. The van der Waals surface area contributed by atoms with Gasteiger partial charge < -0.3 is 10.5 Å². The molecule has 0 unspecified atom stereocenters. The van der Waals surface area contributed by atoms with Crippen molar-refractivity contribution in [2.24, 2.45) is 0 Å². The van der Waals surface area contributed by atoms with Crippen LogP contribution in [0.1, 0.15) is 13.3 Å². The van der Waals surface area contributed by atoms with Gasteiger partial charge in [0.05, 0.1) is 12.8 Å². The zero-order chi connectivity index (χ0) is 11.5. The lowest BCUT2D eigenvalue weighted by molar-refractivity contribution is 0.312. The zero-order valence-corrected chi connectivity index (χ0v) is 9.18. The predicted molar refractivity (Wildman–Crippen MR) is 62.3 cm³/mol. The predicted octanol–water partition coefficient (Wildman–Crippen LogP) is 1.66. The first-order chi connectivity index (χ1) is 7.66. The van der Waals surface area contributed by atoms with Crippen LogP contribution in [0.25, 0.3) is 5.65 Å². The van der Waals surface area contributed by atoms with E-state index in [-0.39, 0.29) is 0 Å². The van der Waals surface area contributed by atoms with Crippen molar-refractivity contribution in [2.45, 2.75) is 13.3 Å². The number of nitrogen functional groups attached to an aromatic ring is 1. The molecule has 84 valence electrons. The summed E-state index contributed by atoms with van der Waals surface area (Å²) in [5.41, 5.74) is 7.41. The molecular formula is C11H14N4O. The Morgan fingerprint density at radius 3 is 3.19 bits per heavy atom. The molecule has 2 aromatic rings. The number of anilines is 1. The van der Waals surface area contributed by atoms with Gasteiger partial charge in [0.25, 0.3) is 5.88 Å². The molecule has 0 aliphatic carbocycles. The highest BCUT2D eigenvalue weighted by molar-refractivity contribution is 5.52. The number of rotatable bonds is 4. The van der Waals surface area contributed by atoms with Crippen LogP contribution >= 0.6 is 0 Å². The second-order valence-electron chi connectivity index (χ2n) is 3.68. The molecule has 5 heteroatoms. The maximum Gasteiger partial charge on any atom is 0.260 e. The van der Waals surface area contributed by atoms with E-state index in [0.29, 0.717) is 24.0 Å². The minimum atomic E-state index is 0.413.